The van der Waals surface area contributed by atoms with Crippen molar-refractivity contribution in [3.8, 4) is 5.75 Å². The summed E-state index contributed by atoms with van der Waals surface area (Å²) in [4.78, 5) is 12.4. The highest BCUT2D eigenvalue weighted by atomic mass is 127. The molecule has 0 aliphatic rings. The molecule has 0 spiro atoms. The van der Waals surface area contributed by atoms with Gasteiger partial charge in [-0.05, 0) is 30.2 Å². The predicted molar refractivity (Wildman–Crippen MR) is 151 cm³/mol. The van der Waals surface area contributed by atoms with Crippen molar-refractivity contribution in [2.45, 2.75) is 117 Å². The van der Waals surface area contributed by atoms with Crippen LogP contribution in [0, 0.1) is 0 Å². The second kappa shape index (κ2) is 21.6. The minimum Gasteiger partial charge on any atom is -1.00 e. The van der Waals surface area contributed by atoms with Gasteiger partial charge in [-0.2, -0.15) is 0 Å². The normalized spacial score (nSPS) is 10.7. The molecule has 1 aromatic heterocycles. The molecule has 37 heavy (non-hydrogen) atoms. The Balaban J connectivity index is 0.00000684. The number of aryl methyl sites for hydroxylation is 1. The molecule has 0 saturated heterocycles. The van der Waals surface area contributed by atoms with Crippen LogP contribution in [0.25, 0.3) is 0 Å². The molecular formula is C31H48ClIN2O2. The van der Waals surface area contributed by atoms with E-state index < -0.39 is 0 Å². The molecule has 0 bridgehead atoms. The van der Waals surface area contributed by atoms with Gasteiger partial charge >= 0.3 is 0 Å². The fourth-order valence-corrected chi connectivity index (χ4v) is 4.68. The monoisotopic (exact) mass is 642 g/mol. The first kappa shape index (κ1) is 33.7. The van der Waals surface area contributed by atoms with E-state index in [-0.39, 0.29) is 29.9 Å². The molecule has 2 rings (SSSR count). The van der Waals surface area contributed by atoms with E-state index in [0.29, 0.717) is 30.3 Å². The van der Waals surface area contributed by atoms with E-state index in [0.717, 1.165) is 30.5 Å². The van der Waals surface area contributed by atoms with Crippen LogP contribution in [0.2, 0.25) is 5.02 Å². The summed E-state index contributed by atoms with van der Waals surface area (Å²) in [6, 6.07) is 9.71. The molecule has 0 atom stereocenters. The molecule has 0 radical (unpaired) electrons. The maximum Gasteiger partial charge on any atom is 0.224 e. The average molecular weight is 643 g/mol. The quantitative estimate of drug-likeness (QED) is 0.126. The van der Waals surface area contributed by atoms with Crippen molar-refractivity contribution in [3.63, 3.8) is 0 Å². The van der Waals surface area contributed by atoms with Crippen molar-refractivity contribution in [2.75, 3.05) is 6.61 Å². The van der Waals surface area contributed by atoms with Crippen LogP contribution in [0.5, 0.6) is 5.75 Å². The van der Waals surface area contributed by atoms with Crippen LogP contribution in [0.1, 0.15) is 108 Å². The Kier molecular flexibility index (Phi) is 19.6. The van der Waals surface area contributed by atoms with Crippen molar-refractivity contribution < 1.29 is 38.1 Å². The first-order chi connectivity index (χ1) is 17.6. The zero-order valence-corrected chi connectivity index (χ0v) is 26.0. The zero-order chi connectivity index (χ0) is 25.8. The number of aromatic nitrogens is 1. The first-order valence-corrected chi connectivity index (χ1v) is 14.7. The number of halogens is 2. The van der Waals surface area contributed by atoms with E-state index in [2.05, 4.69) is 36.1 Å². The Morgan fingerprint density at radius 3 is 2.14 bits per heavy atom. The second-order valence-corrected chi connectivity index (χ2v) is 10.3. The third-order valence-corrected chi connectivity index (χ3v) is 6.80. The third-order valence-electron chi connectivity index (χ3n) is 6.51. The fourth-order valence-electron chi connectivity index (χ4n) is 4.42. The van der Waals surface area contributed by atoms with Crippen LogP contribution in [0.15, 0.2) is 42.7 Å². The number of hydrogen-bond donors (Lipinski definition) is 1. The number of amides is 1. The first-order valence-electron chi connectivity index (χ1n) is 14.3. The van der Waals surface area contributed by atoms with Crippen molar-refractivity contribution in [1.29, 1.82) is 0 Å². The van der Waals surface area contributed by atoms with E-state index in [1.807, 2.05) is 30.3 Å². The SMILES string of the molecule is CCCCCCCCCCCCCCOc1ccc(CC(=O)NCc2ccc[n+](CCC)c2)cc1Cl.[I-]. The molecule has 4 nitrogen and oxygen atoms in total. The van der Waals surface area contributed by atoms with Gasteiger partial charge in [-0.25, -0.2) is 4.57 Å². The van der Waals surface area contributed by atoms with Gasteiger partial charge in [0, 0.05) is 24.6 Å². The highest BCUT2D eigenvalue weighted by Crippen LogP contribution is 2.26. The van der Waals surface area contributed by atoms with Crippen LogP contribution in [-0.2, 0) is 24.3 Å². The Morgan fingerprint density at radius 2 is 1.51 bits per heavy atom. The van der Waals surface area contributed by atoms with Gasteiger partial charge in [-0.3, -0.25) is 4.79 Å². The number of hydrogen-bond acceptors (Lipinski definition) is 2. The maximum absolute atomic E-state index is 12.4. The molecule has 1 N–H and O–H groups in total. The Morgan fingerprint density at radius 1 is 0.865 bits per heavy atom. The number of nitrogens with one attached hydrogen (secondary N) is 1. The number of carbonyl (C=O) groups is 1. The van der Waals surface area contributed by atoms with E-state index in [9.17, 15) is 4.79 Å². The smallest absolute Gasteiger partial charge is 0.224 e. The lowest BCUT2D eigenvalue weighted by Crippen LogP contribution is -3.00. The van der Waals surface area contributed by atoms with Crippen LogP contribution in [0.3, 0.4) is 0 Å². The zero-order valence-electron chi connectivity index (χ0n) is 23.1. The number of benzene rings is 1. The lowest BCUT2D eigenvalue weighted by molar-refractivity contribution is -0.697. The summed E-state index contributed by atoms with van der Waals surface area (Å²) in [7, 11) is 0. The Bertz CT molecular complexity index is 878. The minimum absolute atomic E-state index is 0. The van der Waals surface area contributed by atoms with Gasteiger partial charge in [0.25, 0.3) is 0 Å². The summed E-state index contributed by atoms with van der Waals surface area (Å²) in [5, 5.41) is 3.58. The van der Waals surface area contributed by atoms with Crippen LogP contribution in [-0.4, -0.2) is 12.5 Å². The van der Waals surface area contributed by atoms with Crippen molar-refractivity contribution in [2.24, 2.45) is 0 Å². The summed E-state index contributed by atoms with van der Waals surface area (Å²) < 4.78 is 8.04. The molecule has 1 aromatic carbocycles. The fraction of sp³-hybridized carbons (Fsp3) is 0.613. The minimum atomic E-state index is -0.0119. The van der Waals surface area contributed by atoms with Gasteiger partial charge < -0.3 is 34.0 Å². The molecule has 0 saturated carbocycles. The molecule has 208 valence electrons. The van der Waals surface area contributed by atoms with Gasteiger partial charge in [0.15, 0.2) is 12.4 Å². The topological polar surface area (TPSA) is 42.2 Å². The van der Waals surface area contributed by atoms with Crippen LogP contribution in [0.4, 0.5) is 0 Å². The lowest BCUT2D eigenvalue weighted by Gasteiger charge is -2.10. The standard InChI is InChI=1S/C31H47ClN2O2.HI/c1-3-5-6-7-8-9-10-11-12-13-14-15-22-36-30-19-18-27(23-29(30)32)24-31(35)33-25-28-17-16-21-34(26-28)20-4-2;/h16-19,21,23,26H,3-15,20,22,24-25H2,1-2H3;1H. The van der Waals surface area contributed by atoms with E-state index in [1.54, 1.807) is 0 Å². The lowest BCUT2D eigenvalue weighted by atomic mass is 10.1. The molecule has 0 aliphatic heterocycles. The number of carbonyl (C=O) groups excluding carboxylic acids is 1. The van der Waals surface area contributed by atoms with Gasteiger partial charge in [-0.15, -0.1) is 0 Å². The van der Waals surface area contributed by atoms with Gasteiger partial charge in [0.05, 0.1) is 18.1 Å². The Hall–Kier alpha value is -1.34. The molecule has 0 fully saturated rings. The average Bonchev–Trinajstić information content (AvgIpc) is 2.87. The van der Waals surface area contributed by atoms with Gasteiger partial charge in [-0.1, -0.05) is 102 Å². The highest BCUT2D eigenvalue weighted by molar-refractivity contribution is 6.32. The molecule has 1 amide bonds. The molecule has 1 heterocycles. The molecule has 0 aliphatic carbocycles. The summed E-state index contributed by atoms with van der Waals surface area (Å²) >= 11 is 6.42. The van der Waals surface area contributed by atoms with Crippen molar-refractivity contribution in [1.82, 2.24) is 5.32 Å². The second-order valence-electron chi connectivity index (χ2n) is 9.91. The molecule has 6 heteroatoms. The predicted octanol–water partition coefficient (Wildman–Crippen LogP) is 4.98. The number of unbranched alkanes of at least 4 members (excludes halogenated alkanes) is 11. The summed E-state index contributed by atoms with van der Waals surface area (Å²) in [6.45, 7) is 6.62. The van der Waals surface area contributed by atoms with E-state index in [4.69, 9.17) is 16.3 Å². The number of pyridine rings is 1. The maximum atomic E-state index is 12.4. The van der Waals surface area contributed by atoms with Crippen molar-refractivity contribution in [3.05, 3.63) is 58.9 Å². The third kappa shape index (κ3) is 15.6. The van der Waals surface area contributed by atoms with E-state index in [1.165, 1.54) is 70.6 Å². The molecule has 0 unspecified atom stereocenters. The summed E-state index contributed by atoms with van der Waals surface area (Å²) in [5.74, 6) is 0.691. The number of rotatable bonds is 20. The van der Waals surface area contributed by atoms with Gasteiger partial charge in [0.1, 0.15) is 12.3 Å². The van der Waals surface area contributed by atoms with Gasteiger partial charge in [0.2, 0.25) is 5.91 Å². The van der Waals surface area contributed by atoms with E-state index >= 15 is 0 Å². The van der Waals surface area contributed by atoms with Crippen molar-refractivity contribution >= 4 is 17.5 Å². The van der Waals surface area contributed by atoms with Crippen LogP contribution < -0.4 is 38.6 Å². The van der Waals surface area contributed by atoms with Crippen LogP contribution >= 0.6 is 11.6 Å². The Labute approximate surface area is 247 Å². The molecular weight excluding hydrogens is 595 g/mol. The molecule has 2 aromatic rings. The number of ether oxygens (including phenoxy) is 1. The number of nitrogens with zero attached hydrogens (tertiary/aromatic N) is 1. The summed E-state index contributed by atoms with van der Waals surface area (Å²) in [5.41, 5.74) is 1.99. The highest BCUT2D eigenvalue weighted by Gasteiger charge is 2.09. The largest absolute Gasteiger partial charge is 1.00 e. The summed E-state index contributed by atoms with van der Waals surface area (Å²) in [6.07, 6.45) is 21.5.